The van der Waals surface area contributed by atoms with Gasteiger partial charge >= 0.3 is 12.2 Å². The fourth-order valence-corrected chi connectivity index (χ4v) is 7.97. The molecule has 2 aromatic heterocycles. The Morgan fingerprint density at radius 2 is 2.02 bits per heavy atom. The number of aliphatic hydroxyl groups excluding tert-OH is 1. The Kier molecular flexibility index (Phi) is 7.49. The van der Waals surface area contributed by atoms with Gasteiger partial charge < -0.3 is 25.6 Å². The van der Waals surface area contributed by atoms with Crippen molar-refractivity contribution in [3.8, 4) is 23.0 Å². The summed E-state index contributed by atoms with van der Waals surface area (Å²) in [4.78, 5) is 15.1. The predicted molar refractivity (Wildman–Crippen MR) is 158 cm³/mol. The van der Waals surface area contributed by atoms with Gasteiger partial charge in [-0.3, -0.25) is 4.90 Å². The third-order valence-corrected chi connectivity index (χ3v) is 10.0. The number of nitrogens with zero attached hydrogens (tertiary/aromatic N) is 4. The van der Waals surface area contributed by atoms with Gasteiger partial charge in [0.2, 0.25) is 5.88 Å². The molecule has 0 aliphatic carbocycles. The number of hydrogen-bond acceptors (Lipinski definition) is 10. The average Bonchev–Trinajstić information content (AvgIpc) is 3.76. The molecule has 3 aliphatic rings. The van der Waals surface area contributed by atoms with Crippen molar-refractivity contribution in [2.75, 3.05) is 38.6 Å². The van der Waals surface area contributed by atoms with Gasteiger partial charge in [0, 0.05) is 36.7 Å². The molecule has 0 radical (unpaired) electrons. The number of rotatable bonds is 7. The molecule has 0 bridgehead atoms. The molecular weight excluding hydrogens is 619 g/mol. The number of ether oxygens (including phenoxy) is 2. The van der Waals surface area contributed by atoms with Crippen molar-refractivity contribution in [1.29, 1.82) is 0 Å². The molecular formula is C30H31F5N6O3S. The largest absolute Gasteiger partial charge is 0.472 e. The highest BCUT2D eigenvalue weighted by Gasteiger charge is 2.48. The summed E-state index contributed by atoms with van der Waals surface area (Å²) >= 11 is 0.755. The van der Waals surface area contributed by atoms with E-state index in [4.69, 9.17) is 15.2 Å². The number of thiazole rings is 1. The molecule has 5 heterocycles. The number of aromatic nitrogens is 3. The Hall–Kier alpha value is -3.40. The van der Waals surface area contributed by atoms with Crippen molar-refractivity contribution in [3.05, 3.63) is 35.4 Å². The van der Waals surface area contributed by atoms with Crippen LogP contribution in [-0.2, 0) is 6.18 Å². The Bertz CT molecular complexity index is 1790. The summed E-state index contributed by atoms with van der Waals surface area (Å²) in [7, 11) is 0. The van der Waals surface area contributed by atoms with Crippen LogP contribution in [0.1, 0.15) is 38.2 Å². The minimum atomic E-state index is -5.03. The van der Waals surface area contributed by atoms with Crippen LogP contribution in [0, 0.1) is 17.6 Å². The van der Waals surface area contributed by atoms with Crippen LogP contribution >= 0.6 is 11.3 Å². The van der Waals surface area contributed by atoms with Crippen molar-refractivity contribution >= 4 is 37.6 Å². The minimum Gasteiger partial charge on any atom is -0.472 e. The van der Waals surface area contributed by atoms with E-state index >= 15 is 4.39 Å². The molecule has 3 fully saturated rings. The molecule has 7 rings (SSSR count). The van der Waals surface area contributed by atoms with Gasteiger partial charge in [0.1, 0.15) is 24.0 Å². The molecule has 45 heavy (non-hydrogen) atoms. The van der Waals surface area contributed by atoms with E-state index in [0.717, 1.165) is 61.9 Å². The number of benzene rings is 2. The lowest BCUT2D eigenvalue weighted by atomic mass is 9.92. The maximum absolute atomic E-state index is 16.7. The van der Waals surface area contributed by atoms with E-state index in [1.165, 1.54) is 0 Å². The van der Waals surface area contributed by atoms with E-state index in [0.29, 0.717) is 18.9 Å². The molecule has 15 heteroatoms. The van der Waals surface area contributed by atoms with Gasteiger partial charge in [0.25, 0.3) is 0 Å². The second-order valence-electron chi connectivity index (χ2n) is 12.3. The molecule has 2 aromatic carbocycles. The summed E-state index contributed by atoms with van der Waals surface area (Å²) in [5.74, 6) is -1.84. The van der Waals surface area contributed by atoms with E-state index in [1.807, 2.05) is 0 Å². The number of fused-ring (bicyclic) bond motifs is 3. The summed E-state index contributed by atoms with van der Waals surface area (Å²) in [6, 6.07) is 2.27. The van der Waals surface area contributed by atoms with Gasteiger partial charge in [-0.05, 0) is 49.9 Å². The van der Waals surface area contributed by atoms with Gasteiger partial charge in [-0.1, -0.05) is 18.3 Å². The monoisotopic (exact) mass is 650 g/mol. The second kappa shape index (κ2) is 11.1. The molecule has 3 aliphatic heterocycles. The number of nitrogens with two attached hydrogens (primary N) is 1. The van der Waals surface area contributed by atoms with Crippen LogP contribution in [0.3, 0.4) is 0 Å². The number of hydrogen-bond donors (Lipinski definition) is 3. The van der Waals surface area contributed by atoms with E-state index in [1.54, 1.807) is 0 Å². The molecule has 4 atom stereocenters. The van der Waals surface area contributed by atoms with E-state index in [9.17, 15) is 22.7 Å². The zero-order valence-corrected chi connectivity index (χ0v) is 25.1. The maximum Gasteiger partial charge on any atom is 0.417 e. The van der Waals surface area contributed by atoms with Crippen LogP contribution in [0.25, 0.3) is 32.2 Å². The number of nitrogen functional groups attached to an aromatic ring is 1. The summed E-state index contributed by atoms with van der Waals surface area (Å²) in [5, 5.41) is 12.3. The predicted octanol–water partition coefficient (Wildman–Crippen LogP) is 5.14. The highest BCUT2D eigenvalue weighted by Crippen LogP contribution is 2.46. The topological polar surface area (TPSA) is 119 Å². The van der Waals surface area contributed by atoms with Crippen LogP contribution in [0.5, 0.6) is 11.9 Å². The Morgan fingerprint density at radius 3 is 2.78 bits per heavy atom. The normalized spacial score (nSPS) is 25.4. The van der Waals surface area contributed by atoms with Crippen LogP contribution < -0.4 is 20.5 Å². The third kappa shape index (κ3) is 5.32. The van der Waals surface area contributed by atoms with Crippen LogP contribution in [0.15, 0.2) is 18.2 Å². The molecule has 4 aromatic rings. The molecule has 4 N–H and O–H groups in total. The standard InChI is InChI=1S/C30H31F5N6O3S/c1-14-9-29(5-2-6-41(29)11-14)13-43-28-39-23-18(26(40-28)44-16-7-15(12-42)37-10-16)8-19(30(33,34)35)21(22(23)32)17-3-4-20(31)25-24(17)38-27(36)45-25/h3-4,8,14-16,37,42H,2,5-7,9-13H2,1H3,(H2,36,38)/t14-,15+,16?,29?/m1/s1. The van der Waals surface area contributed by atoms with Crippen LogP contribution in [0.2, 0.25) is 0 Å². The molecule has 9 nitrogen and oxygen atoms in total. The number of alkyl halides is 3. The van der Waals surface area contributed by atoms with Crippen molar-refractivity contribution in [1.82, 2.24) is 25.2 Å². The molecule has 3 saturated heterocycles. The summed E-state index contributed by atoms with van der Waals surface area (Å²) in [6.07, 6.45) is -2.39. The van der Waals surface area contributed by atoms with Gasteiger partial charge in [-0.15, -0.1) is 0 Å². The first-order valence-electron chi connectivity index (χ1n) is 14.8. The summed E-state index contributed by atoms with van der Waals surface area (Å²) < 4.78 is 87.3. The number of anilines is 1. The Balaban J connectivity index is 1.39. The fraction of sp³-hybridized carbons (Fsp3) is 0.500. The van der Waals surface area contributed by atoms with Crippen LogP contribution in [0.4, 0.5) is 27.1 Å². The van der Waals surface area contributed by atoms with Crippen molar-refractivity contribution < 1.29 is 36.5 Å². The lowest BCUT2D eigenvalue weighted by molar-refractivity contribution is -0.137. The van der Waals surface area contributed by atoms with E-state index in [-0.39, 0.29) is 63.0 Å². The van der Waals surface area contributed by atoms with Gasteiger partial charge in [0.05, 0.1) is 33.3 Å². The zero-order chi connectivity index (χ0) is 31.7. The Morgan fingerprint density at radius 1 is 1.20 bits per heavy atom. The first-order valence-corrected chi connectivity index (χ1v) is 15.6. The smallest absolute Gasteiger partial charge is 0.417 e. The molecule has 0 amide bonds. The van der Waals surface area contributed by atoms with Gasteiger partial charge in [-0.25, -0.2) is 13.8 Å². The zero-order valence-electron chi connectivity index (χ0n) is 24.3. The summed E-state index contributed by atoms with van der Waals surface area (Å²) in [5.41, 5.74) is 2.48. The lowest BCUT2D eigenvalue weighted by Crippen LogP contribution is -2.43. The van der Waals surface area contributed by atoms with Crippen LogP contribution in [-0.4, -0.2) is 75.5 Å². The van der Waals surface area contributed by atoms with Gasteiger partial charge in [-0.2, -0.15) is 23.1 Å². The highest BCUT2D eigenvalue weighted by atomic mass is 32.1. The maximum atomic E-state index is 16.7. The Labute approximate surface area is 258 Å². The number of aliphatic hydroxyl groups is 1. The molecule has 0 spiro atoms. The molecule has 2 unspecified atom stereocenters. The van der Waals surface area contributed by atoms with Crippen molar-refractivity contribution in [2.45, 2.75) is 56.5 Å². The highest BCUT2D eigenvalue weighted by molar-refractivity contribution is 7.22. The van der Waals surface area contributed by atoms with Gasteiger partial charge in [0.15, 0.2) is 10.9 Å². The number of halogens is 5. The first kappa shape index (κ1) is 30.3. The average molecular weight is 651 g/mol. The second-order valence-corrected chi connectivity index (χ2v) is 13.3. The van der Waals surface area contributed by atoms with E-state index in [2.05, 4.69) is 32.1 Å². The quantitative estimate of drug-likeness (QED) is 0.234. The lowest BCUT2D eigenvalue weighted by Gasteiger charge is -2.31. The van der Waals surface area contributed by atoms with Crippen molar-refractivity contribution in [3.63, 3.8) is 0 Å². The molecule has 240 valence electrons. The van der Waals surface area contributed by atoms with E-state index < -0.39 is 40.6 Å². The molecule has 0 saturated carbocycles. The third-order valence-electron chi connectivity index (χ3n) is 9.11. The first-order chi connectivity index (χ1) is 21.5. The number of nitrogens with one attached hydrogen (secondary N) is 1. The SMILES string of the molecule is C[C@H]1CN2CCCC2(COc2nc(OC3CN[C@H](CO)C3)c3cc(C(F)(F)F)c(-c4ccc(F)c5sc(N)nc45)c(F)c3n2)C1. The minimum absolute atomic E-state index is 0.0762. The summed E-state index contributed by atoms with van der Waals surface area (Å²) in [6.45, 7) is 4.42. The fourth-order valence-electron chi connectivity index (χ4n) is 7.20. The van der Waals surface area contributed by atoms with Crippen molar-refractivity contribution in [2.24, 2.45) is 5.92 Å².